The highest BCUT2D eigenvalue weighted by Gasteiger charge is 2.38. The number of imidazole rings is 1. The molecular formula is C13H24N4. The maximum absolute atomic E-state index is 4.33. The number of hydrogen-bond acceptors (Lipinski definition) is 3. The van der Waals surface area contributed by atoms with Crippen LogP contribution in [0.25, 0.3) is 0 Å². The molecule has 2 rings (SSSR count). The molecule has 1 saturated carbocycles. The van der Waals surface area contributed by atoms with Crippen LogP contribution in [-0.4, -0.2) is 47.2 Å². The number of nitrogens with zero attached hydrogens (tertiary/aromatic N) is 3. The van der Waals surface area contributed by atoms with Crippen LogP contribution < -0.4 is 5.32 Å². The van der Waals surface area contributed by atoms with Gasteiger partial charge in [0.2, 0.25) is 0 Å². The van der Waals surface area contributed by atoms with Gasteiger partial charge in [-0.05, 0) is 33.4 Å². The number of hydrogen-bond donors (Lipinski definition) is 1. The number of nitrogens with one attached hydrogen (secondary N) is 1. The van der Waals surface area contributed by atoms with Gasteiger partial charge in [0.15, 0.2) is 0 Å². The van der Waals surface area contributed by atoms with Crippen molar-refractivity contribution in [2.24, 2.45) is 7.05 Å². The molecule has 0 radical (unpaired) electrons. The van der Waals surface area contributed by atoms with Crippen molar-refractivity contribution in [1.29, 1.82) is 0 Å². The zero-order valence-corrected chi connectivity index (χ0v) is 11.2. The molecule has 1 fully saturated rings. The third-order valence-electron chi connectivity index (χ3n) is 4.13. The molecule has 1 aromatic rings. The van der Waals surface area contributed by atoms with E-state index in [9.17, 15) is 0 Å². The van der Waals surface area contributed by atoms with E-state index >= 15 is 0 Å². The lowest BCUT2D eigenvalue weighted by molar-refractivity contribution is 0.0604. The summed E-state index contributed by atoms with van der Waals surface area (Å²) in [6, 6.07) is 0. The Kier molecular flexibility index (Phi) is 3.84. The zero-order valence-electron chi connectivity index (χ0n) is 11.2. The maximum atomic E-state index is 4.33. The first kappa shape index (κ1) is 12.6. The summed E-state index contributed by atoms with van der Waals surface area (Å²) in [6.45, 7) is 2.12. The molecule has 0 saturated heterocycles. The van der Waals surface area contributed by atoms with Crippen LogP contribution in [0.15, 0.2) is 12.4 Å². The molecule has 1 heterocycles. The first-order chi connectivity index (χ1) is 8.14. The second kappa shape index (κ2) is 5.19. The Balaban J connectivity index is 1.71. The molecule has 0 unspecified atom stereocenters. The normalized spacial score (nSPS) is 18.4. The van der Waals surface area contributed by atoms with Gasteiger partial charge in [0.1, 0.15) is 5.82 Å². The lowest BCUT2D eigenvalue weighted by atomic mass is 9.75. The minimum absolute atomic E-state index is 0.418. The Morgan fingerprint density at radius 1 is 1.47 bits per heavy atom. The molecule has 1 aromatic heterocycles. The second-order valence-electron chi connectivity index (χ2n) is 5.35. The van der Waals surface area contributed by atoms with Crippen LogP contribution in [-0.2, 0) is 13.5 Å². The lowest BCUT2D eigenvalue weighted by Crippen LogP contribution is -2.56. The van der Waals surface area contributed by atoms with E-state index in [4.69, 9.17) is 0 Å². The fraction of sp³-hybridized carbons (Fsp3) is 0.769. The van der Waals surface area contributed by atoms with Crippen molar-refractivity contribution in [3.05, 3.63) is 18.2 Å². The Hall–Kier alpha value is -0.870. The maximum Gasteiger partial charge on any atom is 0.109 e. The summed E-state index contributed by atoms with van der Waals surface area (Å²) in [5.74, 6) is 1.16. The van der Waals surface area contributed by atoms with Crippen LogP contribution in [0.4, 0.5) is 0 Å². The first-order valence-corrected chi connectivity index (χ1v) is 6.48. The van der Waals surface area contributed by atoms with E-state index in [1.54, 1.807) is 0 Å². The Labute approximate surface area is 104 Å². The molecule has 4 heteroatoms. The average molecular weight is 236 g/mol. The standard InChI is InChI=1S/C13H24N4/c1-16(2)13(6-4-7-13)11-14-8-5-12-15-9-10-17(12)3/h9-10,14H,4-8,11H2,1-3H3. The quantitative estimate of drug-likeness (QED) is 0.749. The fourth-order valence-corrected chi connectivity index (χ4v) is 2.53. The summed E-state index contributed by atoms with van der Waals surface area (Å²) >= 11 is 0. The monoisotopic (exact) mass is 236 g/mol. The van der Waals surface area contributed by atoms with E-state index in [2.05, 4.69) is 40.9 Å². The van der Waals surface area contributed by atoms with Gasteiger partial charge in [-0.2, -0.15) is 0 Å². The molecule has 1 aliphatic carbocycles. The Morgan fingerprint density at radius 3 is 2.71 bits per heavy atom. The zero-order chi connectivity index (χ0) is 12.3. The summed E-state index contributed by atoms with van der Waals surface area (Å²) in [6.07, 6.45) is 8.90. The number of likely N-dealkylation sites (N-methyl/N-ethyl adjacent to an activating group) is 1. The average Bonchev–Trinajstić information content (AvgIpc) is 2.61. The Morgan fingerprint density at radius 2 is 2.24 bits per heavy atom. The van der Waals surface area contributed by atoms with Gasteiger partial charge in [0.25, 0.3) is 0 Å². The predicted octanol–water partition coefficient (Wildman–Crippen LogP) is 1.04. The van der Waals surface area contributed by atoms with E-state index < -0.39 is 0 Å². The SMILES string of the molecule is CN(C)C1(CNCCc2nccn2C)CCC1. The third-order valence-corrected chi connectivity index (χ3v) is 4.13. The molecule has 1 aliphatic rings. The van der Waals surface area contributed by atoms with Crippen molar-refractivity contribution < 1.29 is 0 Å². The van der Waals surface area contributed by atoms with Gasteiger partial charge in [0.05, 0.1) is 0 Å². The van der Waals surface area contributed by atoms with Crippen molar-refractivity contribution in [1.82, 2.24) is 19.8 Å². The molecule has 0 aliphatic heterocycles. The van der Waals surface area contributed by atoms with E-state index in [1.165, 1.54) is 19.3 Å². The highest BCUT2D eigenvalue weighted by molar-refractivity contribution is 4.98. The smallest absolute Gasteiger partial charge is 0.109 e. The Bertz CT molecular complexity index is 352. The van der Waals surface area contributed by atoms with Crippen molar-refractivity contribution in [3.8, 4) is 0 Å². The summed E-state index contributed by atoms with van der Waals surface area (Å²) in [5, 5.41) is 3.58. The topological polar surface area (TPSA) is 33.1 Å². The van der Waals surface area contributed by atoms with Gasteiger partial charge in [-0.15, -0.1) is 0 Å². The van der Waals surface area contributed by atoms with Gasteiger partial charge in [-0.3, -0.25) is 0 Å². The number of rotatable bonds is 6. The van der Waals surface area contributed by atoms with Crippen molar-refractivity contribution in [2.45, 2.75) is 31.2 Å². The van der Waals surface area contributed by atoms with Crippen LogP contribution in [0.1, 0.15) is 25.1 Å². The largest absolute Gasteiger partial charge is 0.338 e. The minimum atomic E-state index is 0.418. The van der Waals surface area contributed by atoms with Gasteiger partial charge in [0, 0.05) is 44.5 Å². The summed E-state index contributed by atoms with van der Waals surface area (Å²) in [7, 11) is 6.44. The van der Waals surface area contributed by atoms with Crippen LogP contribution in [0, 0.1) is 0 Å². The molecule has 1 N–H and O–H groups in total. The second-order valence-corrected chi connectivity index (χ2v) is 5.35. The van der Waals surface area contributed by atoms with Crippen molar-refractivity contribution >= 4 is 0 Å². The van der Waals surface area contributed by atoms with Gasteiger partial charge >= 0.3 is 0 Å². The molecular weight excluding hydrogens is 212 g/mol. The molecule has 96 valence electrons. The van der Waals surface area contributed by atoms with Crippen LogP contribution in [0.3, 0.4) is 0 Å². The lowest BCUT2D eigenvalue weighted by Gasteiger charge is -2.47. The summed E-state index contributed by atoms with van der Waals surface area (Å²) in [5.41, 5.74) is 0.418. The number of aryl methyl sites for hydroxylation is 1. The first-order valence-electron chi connectivity index (χ1n) is 6.48. The van der Waals surface area contributed by atoms with Crippen molar-refractivity contribution in [2.75, 3.05) is 27.2 Å². The highest BCUT2D eigenvalue weighted by Crippen LogP contribution is 2.35. The van der Waals surface area contributed by atoms with Gasteiger partial charge in [-0.25, -0.2) is 4.98 Å². The molecule has 17 heavy (non-hydrogen) atoms. The van der Waals surface area contributed by atoms with E-state index in [-0.39, 0.29) is 0 Å². The van der Waals surface area contributed by atoms with E-state index in [0.717, 1.165) is 25.3 Å². The van der Waals surface area contributed by atoms with Gasteiger partial charge < -0.3 is 14.8 Å². The van der Waals surface area contributed by atoms with Crippen molar-refractivity contribution in [3.63, 3.8) is 0 Å². The molecule has 0 spiro atoms. The number of aromatic nitrogens is 2. The fourth-order valence-electron chi connectivity index (χ4n) is 2.53. The van der Waals surface area contributed by atoms with Crippen LogP contribution in [0.2, 0.25) is 0 Å². The molecule has 0 bridgehead atoms. The summed E-state index contributed by atoms with van der Waals surface area (Å²) < 4.78 is 2.09. The van der Waals surface area contributed by atoms with Crippen LogP contribution in [0.5, 0.6) is 0 Å². The molecule has 0 amide bonds. The molecule has 4 nitrogen and oxygen atoms in total. The summed E-state index contributed by atoms with van der Waals surface area (Å²) in [4.78, 5) is 6.71. The third kappa shape index (κ3) is 2.69. The van der Waals surface area contributed by atoms with Gasteiger partial charge in [-0.1, -0.05) is 0 Å². The molecule has 0 atom stereocenters. The minimum Gasteiger partial charge on any atom is -0.338 e. The van der Waals surface area contributed by atoms with E-state index in [1.807, 2.05) is 12.4 Å². The predicted molar refractivity (Wildman–Crippen MR) is 70.1 cm³/mol. The van der Waals surface area contributed by atoms with Crippen LogP contribution >= 0.6 is 0 Å². The molecule has 0 aromatic carbocycles. The van der Waals surface area contributed by atoms with E-state index in [0.29, 0.717) is 5.54 Å². The highest BCUT2D eigenvalue weighted by atomic mass is 15.2.